The maximum absolute atomic E-state index is 11.9. The largest absolute Gasteiger partial charge is 0.468 e. The Hall–Kier alpha value is -1.05. The molecule has 1 fully saturated rings. The molecule has 1 saturated carbocycles. The van der Waals surface area contributed by atoms with Crippen molar-refractivity contribution >= 4 is 5.97 Å². The number of allylic oxidation sites excluding steroid dienone is 2. The summed E-state index contributed by atoms with van der Waals surface area (Å²) in [5.41, 5.74) is -0.324. The second kappa shape index (κ2) is 2.13. The first kappa shape index (κ1) is 8.27. The predicted molar refractivity (Wildman–Crippen MR) is 52.4 cm³/mol. The van der Waals surface area contributed by atoms with Crippen molar-refractivity contribution < 1.29 is 9.53 Å². The Morgan fingerprint density at radius 2 is 2.07 bits per heavy atom. The zero-order valence-electron chi connectivity index (χ0n) is 8.49. The van der Waals surface area contributed by atoms with Crippen LogP contribution in [0.15, 0.2) is 24.3 Å². The van der Waals surface area contributed by atoms with Gasteiger partial charge >= 0.3 is 5.97 Å². The molecule has 2 atom stereocenters. The molecule has 2 heteroatoms. The lowest BCUT2D eigenvalue weighted by molar-refractivity contribution is -0.151. The summed E-state index contributed by atoms with van der Waals surface area (Å²) < 4.78 is 4.93. The van der Waals surface area contributed by atoms with Crippen LogP contribution in [-0.4, -0.2) is 13.1 Å². The Labute approximate surface area is 83.6 Å². The summed E-state index contributed by atoms with van der Waals surface area (Å²) in [5, 5.41) is 0. The standard InChI is InChI=1S/C12H14O2/c1-11-7-9(11)8-3-5-12(11,6-4-8)10(13)14-2/h3-6,8-9H,7H2,1-2H3. The van der Waals surface area contributed by atoms with Crippen molar-refractivity contribution in [2.45, 2.75) is 13.3 Å². The molecule has 0 saturated heterocycles. The Morgan fingerprint density at radius 1 is 1.43 bits per heavy atom. The minimum absolute atomic E-state index is 0.104. The molecular formula is C12H14O2. The molecule has 0 spiro atoms. The molecule has 0 N–H and O–H groups in total. The van der Waals surface area contributed by atoms with E-state index in [0.717, 1.165) is 6.42 Å². The molecule has 0 radical (unpaired) electrons. The summed E-state index contributed by atoms with van der Waals surface area (Å²) in [7, 11) is 1.47. The Morgan fingerprint density at radius 3 is 2.64 bits per heavy atom. The van der Waals surface area contributed by atoms with Gasteiger partial charge in [0.2, 0.25) is 0 Å². The molecule has 0 aromatic heterocycles. The maximum Gasteiger partial charge on any atom is 0.320 e. The second-order valence-corrected chi connectivity index (χ2v) is 4.88. The summed E-state index contributed by atoms with van der Waals surface area (Å²) >= 11 is 0. The molecule has 2 unspecified atom stereocenters. The average molecular weight is 190 g/mol. The predicted octanol–water partition coefficient (Wildman–Crippen LogP) is 1.93. The van der Waals surface area contributed by atoms with Crippen LogP contribution in [0.1, 0.15) is 13.3 Å². The molecule has 74 valence electrons. The molecule has 2 nitrogen and oxygen atoms in total. The van der Waals surface area contributed by atoms with Gasteiger partial charge in [-0.25, -0.2) is 0 Å². The minimum Gasteiger partial charge on any atom is -0.468 e. The van der Waals surface area contributed by atoms with Gasteiger partial charge in [-0.15, -0.1) is 0 Å². The monoisotopic (exact) mass is 190 g/mol. The number of carbonyl (C=O) groups excluding carboxylic acids is 1. The van der Waals surface area contributed by atoms with Crippen molar-refractivity contribution in [1.29, 1.82) is 0 Å². The third-order valence-corrected chi connectivity index (χ3v) is 4.40. The molecule has 4 aliphatic carbocycles. The number of methoxy groups -OCH3 is 1. The van der Waals surface area contributed by atoms with Gasteiger partial charge in [-0.1, -0.05) is 31.2 Å². The molecule has 0 aromatic carbocycles. The molecule has 4 rings (SSSR count). The van der Waals surface area contributed by atoms with E-state index in [0.29, 0.717) is 11.8 Å². The highest BCUT2D eigenvalue weighted by molar-refractivity contribution is 5.85. The number of esters is 1. The molecule has 0 amide bonds. The van der Waals surface area contributed by atoms with Crippen molar-refractivity contribution in [1.82, 2.24) is 0 Å². The van der Waals surface area contributed by atoms with Crippen molar-refractivity contribution in [3.8, 4) is 0 Å². The Balaban J connectivity index is 2.13. The van der Waals surface area contributed by atoms with Gasteiger partial charge in [0.15, 0.2) is 0 Å². The normalized spacial score (nSPS) is 51.6. The van der Waals surface area contributed by atoms with Crippen molar-refractivity contribution in [3.05, 3.63) is 24.3 Å². The van der Waals surface area contributed by atoms with Crippen LogP contribution in [0.25, 0.3) is 0 Å². The van der Waals surface area contributed by atoms with Crippen LogP contribution in [-0.2, 0) is 9.53 Å². The summed E-state index contributed by atoms with van der Waals surface area (Å²) in [6.07, 6.45) is 9.57. The van der Waals surface area contributed by atoms with E-state index in [-0.39, 0.29) is 11.4 Å². The highest BCUT2D eigenvalue weighted by Crippen LogP contribution is 2.72. The fourth-order valence-electron chi connectivity index (χ4n) is 3.27. The average Bonchev–Trinajstić information content (AvgIpc) is 2.93. The summed E-state index contributed by atoms with van der Waals surface area (Å²) in [4.78, 5) is 11.9. The van der Waals surface area contributed by atoms with Gasteiger partial charge in [-0.05, 0) is 23.7 Å². The first-order chi connectivity index (χ1) is 6.64. The fourth-order valence-corrected chi connectivity index (χ4v) is 3.27. The SMILES string of the molecule is COC(=O)C12C=CC(C=C1)C1CC12C. The first-order valence-electron chi connectivity index (χ1n) is 5.11. The number of hydrogen-bond acceptors (Lipinski definition) is 2. The van der Waals surface area contributed by atoms with Gasteiger partial charge in [0, 0.05) is 0 Å². The van der Waals surface area contributed by atoms with Crippen molar-refractivity contribution in [2.24, 2.45) is 22.7 Å². The Kier molecular flexibility index (Phi) is 1.26. The zero-order chi connectivity index (χ0) is 9.97. The summed E-state index contributed by atoms with van der Waals surface area (Å²) in [6, 6.07) is 0. The summed E-state index contributed by atoms with van der Waals surface area (Å²) in [5.74, 6) is 1.12. The molecule has 0 heterocycles. The molecule has 2 bridgehead atoms. The van der Waals surface area contributed by atoms with Gasteiger partial charge in [0.1, 0.15) is 5.41 Å². The van der Waals surface area contributed by atoms with Crippen LogP contribution < -0.4 is 0 Å². The number of hydrogen-bond donors (Lipinski definition) is 0. The summed E-state index contributed by atoms with van der Waals surface area (Å²) in [6.45, 7) is 2.20. The van der Waals surface area contributed by atoms with Crippen LogP contribution >= 0.6 is 0 Å². The second-order valence-electron chi connectivity index (χ2n) is 4.88. The van der Waals surface area contributed by atoms with Gasteiger partial charge < -0.3 is 4.74 Å². The smallest absolute Gasteiger partial charge is 0.320 e. The van der Waals surface area contributed by atoms with E-state index in [9.17, 15) is 4.79 Å². The lowest BCUT2D eigenvalue weighted by Crippen LogP contribution is -2.42. The fraction of sp³-hybridized carbons (Fsp3) is 0.583. The van der Waals surface area contributed by atoms with Crippen LogP contribution in [0.5, 0.6) is 0 Å². The highest BCUT2D eigenvalue weighted by Gasteiger charge is 2.70. The zero-order valence-corrected chi connectivity index (χ0v) is 8.49. The van der Waals surface area contributed by atoms with Crippen molar-refractivity contribution in [3.63, 3.8) is 0 Å². The molecular weight excluding hydrogens is 176 g/mol. The van der Waals surface area contributed by atoms with Crippen LogP contribution in [0.2, 0.25) is 0 Å². The van der Waals surface area contributed by atoms with Crippen molar-refractivity contribution in [2.75, 3.05) is 7.11 Å². The molecule has 14 heavy (non-hydrogen) atoms. The van der Waals surface area contributed by atoms with E-state index >= 15 is 0 Å². The number of rotatable bonds is 1. The molecule has 4 aliphatic rings. The molecule has 0 aromatic rings. The van der Waals surface area contributed by atoms with E-state index < -0.39 is 5.41 Å². The van der Waals surface area contributed by atoms with Gasteiger partial charge in [-0.3, -0.25) is 4.79 Å². The van der Waals surface area contributed by atoms with Crippen LogP contribution in [0.3, 0.4) is 0 Å². The lowest BCUT2D eigenvalue weighted by Gasteiger charge is -2.40. The van der Waals surface area contributed by atoms with E-state index in [4.69, 9.17) is 4.74 Å². The van der Waals surface area contributed by atoms with Gasteiger partial charge in [0.25, 0.3) is 0 Å². The van der Waals surface area contributed by atoms with E-state index in [2.05, 4.69) is 19.1 Å². The topological polar surface area (TPSA) is 26.3 Å². The van der Waals surface area contributed by atoms with E-state index in [1.165, 1.54) is 7.11 Å². The van der Waals surface area contributed by atoms with Gasteiger partial charge in [-0.2, -0.15) is 0 Å². The number of ether oxygens (including phenoxy) is 1. The van der Waals surface area contributed by atoms with Crippen LogP contribution in [0.4, 0.5) is 0 Å². The first-order valence-corrected chi connectivity index (χ1v) is 5.11. The van der Waals surface area contributed by atoms with E-state index in [1.807, 2.05) is 12.2 Å². The highest BCUT2D eigenvalue weighted by atomic mass is 16.5. The third kappa shape index (κ3) is 0.646. The third-order valence-electron chi connectivity index (χ3n) is 4.40. The van der Waals surface area contributed by atoms with E-state index in [1.54, 1.807) is 0 Å². The Bertz CT molecular complexity index is 353. The minimum atomic E-state index is -0.457. The van der Waals surface area contributed by atoms with Crippen LogP contribution in [0, 0.1) is 22.7 Å². The quantitative estimate of drug-likeness (QED) is 0.466. The lowest BCUT2D eigenvalue weighted by atomic mass is 9.63. The van der Waals surface area contributed by atoms with Gasteiger partial charge in [0.05, 0.1) is 7.11 Å². The molecule has 0 aliphatic heterocycles. The maximum atomic E-state index is 11.9. The number of carbonyl (C=O) groups is 1.